The molecule has 0 aromatic heterocycles. The maximum atomic E-state index is 14.3. The molecule has 0 spiro atoms. The van der Waals surface area contributed by atoms with Crippen LogP contribution < -0.4 is 15.2 Å². The lowest BCUT2D eigenvalue weighted by Crippen LogP contribution is -2.42. The predicted octanol–water partition coefficient (Wildman–Crippen LogP) is 2.36. The topological polar surface area (TPSA) is 44.5 Å². The van der Waals surface area contributed by atoms with Gasteiger partial charge >= 0.3 is 0 Å². The Morgan fingerprint density at radius 1 is 1.22 bits per heavy atom. The first kappa shape index (κ1) is 13.1. The van der Waals surface area contributed by atoms with E-state index in [1.54, 1.807) is 0 Å². The summed E-state index contributed by atoms with van der Waals surface area (Å²) in [5.41, 5.74) is 5.74. The van der Waals surface area contributed by atoms with Gasteiger partial charge in [0.1, 0.15) is 0 Å². The number of hydrogen-bond acceptors (Lipinski definition) is 3. The predicted molar refractivity (Wildman–Crippen MR) is 64.0 cm³/mol. The lowest BCUT2D eigenvalue weighted by molar-refractivity contribution is 0.237. The Labute approximate surface area is 105 Å². The Hall–Kier alpha value is -1.36. The van der Waals surface area contributed by atoms with Crippen LogP contribution in [-0.4, -0.2) is 20.8 Å². The molecule has 100 valence electrons. The first-order valence-corrected chi connectivity index (χ1v) is 5.90. The maximum absolute atomic E-state index is 14.3. The third-order valence-electron chi connectivity index (χ3n) is 3.82. The normalized spacial score (nSPS) is 17.2. The summed E-state index contributed by atoms with van der Waals surface area (Å²) in [6, 6.07) is 1.40. The van der Waals surface area contributed by atoms with Crippen LogP contribution >= 0.6 is 0 Å². The van der Waals surface area contributed by atoms with Crippen LogP contribution in [0, 0.1) is 11.6 Å². The van der Waals surface area contributed by atoms with Gasteiger partial charge in [-0.05, 0) is 18.9 Å². The quantitative estimate of drug-likeness (QED) is 0.900. The molecule has 1 aromatic carbocycles. The van der Waals surface area contributed by atoms with Crippen LogP contribution in [0.5, 0.6) is 11.5 Å². The van der Waals surface area contributed by atoms with Gasteiger partial charge in [0.15, 0.2) is 17.3 Å². The van der Waals surface area contributed by atoms with Crippen molar-refractivity contribution in [2.45, 2.75) is 24.7 Å². The van der Waals surface area contributed by atoms with Crippen molar-refractivity contribution < 1.29 is 18.3 Å². The molecule has 1 aromatic rings. The van der Waals surface area contributed by atoms with E-state index >= 15 is 0 Å². The van der Waals surface area contributed by atoms with Crippen molar-refractivity contribution >= 4 is 0 Å². The van der Waals surface area contributed by atoms with Gasteiger partial charge in [-0.2, -0.15) is 4.39 Å². The standard InChI is InChI=1S/C13H17F2NO2/c1-17-9-6-8(13(7-16)4-3-5-13)10(14)12(18-2)11(9)15/h6H,3-5,7,16H2,1-2H3. The first-order valence-electron chi connectivity index (χ1n) is 5.90. The van der Waals surface area contributed by atoms with Crippen molar-refractivity contribution in [3.63, 3.8) is 0 Å². The molecule has 0 atom stereocenters. The summed E-state index contributed by atoms with van der Waals surface area (Å²) in [5.74, 6) is -1.89. The molecule has 1 saturated carbocycles. The number of hydrogen-bond donors (Lipinski definition) is 1. The Balaban J connectivity index is 2.60. The minimum absolute atomic E-state index is 0.0111. The van der Waals surface area contributed by atoms with Crippen LogP contribution in [0.15, 0.2) is 6.07 Å². The minimum atomic E-state index is -0.812. The monoisotopic (exact) mass is 257 g/mol. The molecule has 0 radical (unpaired) electrons. The lowest BCUT2D eigenvalue weighted by atomic mass is 9.64. The molecule has 0 saturated heterocycles. The molecule has 3 nitrogen and oxygen atoms in total. The van der Waals surface area contributed by atoms with Gasteiger partial charge < -0.3 is 15.2 Å². The van der Waals surface area contributed by atoms with Crippen LogP contribution in [0.25, 0.3) is 0 Å². The molecule has 1 fully saturated rings. The summed E-state index contributed by atoms with van der Waals surface area (Å²) in [4.78, 5) is 0. The van der Waals surface area contributed by atoms with E-state index in [-0.39, 0.29) is 5.75 Å². The molecular weight excluding hydrogens is 240 g/mol. The van der Waals surface area contributed by atoms with E-state index in [0.717, 1.165) is 19.3 Å². The van der Waals surface area contributed by atoms with Gasteiger partial charge in [-0.3, -0.25) is 0 Å². The smallest absolute Gasteiger partial charge is 0.209 e. The van der Waals surface area contributed by atoms with Crippen molar-refractivity contribution in [1.82, 2.24) is 0 Å². The van der Waals surface area contributed by atoms with E-state index in [1.807, 2.05) is 0 Å². The van der Waals surface area contributed by atoms with E-state index in [2.05, 4.69) is 0 Å². The van der Waals surface area contributed by atoms with Gasteiger partial charge in [0.2, 0.25) is 5.82 Å². The van der Waals surface area contributed by atoms with E-state index in [0.29, 0.717) is 12.1 Å². The zero-order chi connectivity index (χ0) is 13.3. The first-order chi connectivity index (χ1) is 8.59. The fourth-order valence-electron chi connectivity index (χ4n) is 2.49. The summed E-state index contributed by atoms with van der Waals surface area (Å²) >= 11 is 0. The van der Waals surface area contributed by atoms with Crippen LogP contribution in [0.3, 0.4) is 0 Å². The number of methoxy groups -OCH3 is 2. The Bertz CT molecular complexity index is 453. The Morgan fingerprint density at radius 3 is 2.28 bits per heavy atom. The zero-order valence-electron chi connectivity index (χ0n) is 10.6. The van der Waals surface area contributed by atoms with E-state index in [4.69, 9.17) is 15.2 Å². The summed E-state index contributed by atoms with van der Waals surface area (Å²) in [6.07, 6.45) is 2.61. The third-order valence-corrected chi connectivity index (χ3v) is 3.82. The highest BCUT2D eigenvalue weighted by molar-refractivity contribution is 5.46. The van der Waals surface area contributed by atoms with E-state index < -0.39 is 22.8 Å². The lowest BCUT2D eigenvalue weighted by Gasteiger charge is -2.41. The fourth-order valence-corrected chi connectivity index (χ4v) is 2.49. The molecule has 0 aliphatic heterocycles. The van der Waals surface area contributed by atoms with Crippen molar-refractivity contribution in [2.24, 2.45) is 5.73 Å². The van der Waals surface area contributed by atoms with Gasteiger partial charge in [-0.15, -0.1) is 0 Å². The molecule has 0 bridgehead atoms. The molecule has 5 heteroatoms. The molecule has 18 heavy (non-hydrogen) atoms. The molecule has 1 aliphatic rings. The van der Waals surface area contributed by atoms with Gasteiger partial charge in [0.05, 0.1) is 14.2 Å². The molecular formula is C13H17F2NO2. The molecule has 1 aliphatic carbocycles. The van der Waals surface area contributed by atoms with Gasteiger partial charge in [0, 0.05) is 17.5 Å². The molecule has 0 amide bonds. The summed E-state index contributed by atoms with van der Waals surface area (Å²) in [5, 5.41) is 0. The minimum Gasteiger partial charge on any atom is -0.494 e. The van der Waals surface area contributed by atoms with E-state index in [9.17, 15) is 8.78 Å². The van der Waals surface area contributed by atoms with Crippen molar-refractivity contribution in [3.8, 4) is 11.5 Å². The van der Waals surface area contributed by atoms with Crippen LogP contribution in [0.2, 0.25) is 0 Å². The van der Waals surface area contributed by atoms with Gasteiger partial charge in [-0.1, -0.05) is 6.42 Å². The second-order valence-electron chi connectivity index (χ2n) is 4.63. The van der Waals surface area contributed by atoms with Crippen LogP contribution in [0.4, 0.5) is 8.78 Å². The molecule has 0 heterocycles. The SMILES string of the molecule is COc1cc(C2(CN)CCC2)c(F)c(OC)c1F. The van der Waals surface area contributed by atoms with Crippen molar-refractivity contribution in [3.05, 3.63) is 23.3 Å². The van der Waals surface area contributed by atoms with E-state index in [1.165, 1.54) is 20.3 Å². The molecule has 2 N–H and O–H groups in total. The van der Waals surface area contributed by atoms with Gasteiger partial charge in [-0.25, -0.2) is 4.39 Å². The average molecular weight is 257 g/mol. The summed E-state index contributed by atoms with van der Waals surface area (Å²) in [6.45, 7) is 0.335. The average Bonchev–Trinajstić information content (AvgIpc) is 2.32. The number of rotatable bonds is 4. The number of ether oxygens (including phenoxy) is 2. The highest BCUT2D eigenvalue weighted by atomic mass is 19.1. The zero-order valence-corrected chi connectivity index (χ0v) is 10.6. The Morgan fingerprint density at radius 2 is 1.89 bits per heavy atom. The molecule has 0 unspecified atom stereocenters. The second kappa shape index (κ2) is 4.72. The molecule has 2 rings (SSSR count). The largest absolute Gasteiger partial charge is 0.494 e. The van der Waals surface area contributed by atoms with Crippen LogP contribution in [-0.2, 0) is 5.41 Å². The number of benzene rings is 1. The number of halogens is 2. The highest BCUT2D eigenvalue weighted by Gasteiger charge is 2.41. The van der Waals surface area contributed by atoms with Crippen molar-refractivity contribution in [1.29, 1.82) is 0 Å². The number of nitrogens with two attached hydrogens (primary N) is 1. The van der Waals surface area contributed by atoms with Crippen LogP contribution in [0.1, 0.15) is 24.8 Å². The highest BCUT2D eigenvalue weighted by Crippen LogP contribution is 2.47. The second-order valence-corrected chi connectivity index (χ2v) is 4.63. The Kier molecular flexibility index (Phi) is 3.43. The van der Waals surface area contributed by atoms with Crippen molar-refractivity contribution in [2.75, 3.05) is 20.8 Å². The maximum Gasteiger partial charge on any atom is 0.209 e. The third kappa shape index (κ3) is 1.73. The summed E-state index contributed by atoms with van der Waals surface area (Å²) < 4.78 is 37.8. The fraction of sp³-hybridized carbons (Fsp3) is 0.538. The van der Waals surface area contributed by atoms with Gasteiger partial charge in [0.25, 0.3) is 0 Å². The summed E-state index contributed by atoms with van der Waals surface area (Å²) in [7, 11) is 2.58.